The summed E-state index contributed by atoms with van der Waals surface area (Å²) in [6.45, 7) is 1.67. The molecule has 0 saturated carbocycles. The number of rotatable bonds is 6. The minimum Gasteiger partial charge on any atom is -0.497 e. The van der Waals surface area contributed by atoms with Crippen LogP contribution in [0.3, 0.4) is 0 Å². The number of carboxylic acid groups (broad SMARTS) is 1. The van der Waals surface area contributed by atoms with E-state index in [9.17, 15) is 14.7 Å². The number of methoxy groups -OCH3 is 1. The topological polar surface area (TPSA) is 117 Å². The van der Waals surface area contributed by atoms with E-state index in [4.69, 9.17) is 4.74 Å². The Morgan fingerprint density at radius 2 is 1.94 bits per heavy atom. The van der Waals surface area contributed by atoms with E-state index in [1.807, 2.05) is 29.6 Å². The first-order valence-electron chi connectivity index (χ1n) is 9.20. The second-order valence-electron chi connectivity index (χ2n) is 6.58. The summed E-state index contributed by atoms with van der Waals surface area (Å²) in [4.78, 5) is 28.7. The van der Waals surface area contributed by atoms with Crippen molar-refractivity contribution in [3.8, 4) is 17.0 Å². The molecule has 0 aliphatic carbocycles. The van der Waals surface area contributed by atoms with Crippen LogP contribution in [0.4, 0.5) is 10.8 Å². The summed E-state index contributed by atoms with van der Waals surface area (Å²) < 4.78 is 5.16. The maximum absolute atomic E-state index is 12.9. The highest BCUT2D eigenvalue weighted by molar-refractivity contribution is 7.14. The number of aromatic nitrogens is 1. The van der Waals surface area contributed by atoms with Gasteiger partial charge in [-0.15, -0.1) is 11.3 Å². The van der Waals surface area contributed by atoms with Crippen LogP contribution in [0.5, 0.6) is 5.75 Å². The largest absolute Gasteiger partial charge is 0.497 e. The van der Waals surface area contributed by atoms with Crippen LogP contribution < -0.4 is 9.75 Å². The summed E-state index contributed by atoms with van der Waals surface area (Å²) in [6, 6.07) is 12.7. The Hall–Kier alpha value is -3.92. The van der Waals surface area contributed by atoms with Crippen LogP contribution in [0.1, 0.15) is 17.3 Å². The molecule has 1 N–H and O–H groups in total. The predicted molar refractivity (Wildman–Crippen MR) is 116 cm³/mol. The molecule has 156 valence electrons. The van der Waals surface area contributed by atoms with Crippen LogP contribution in [-0.2, 0) is 4.79 Å². The summed E-state index contributed by atoms with van der Waals surface area (Å²) in [5.41, 5.74) is 2.22. The average molecular weight is 435 g/mol. The Kier molecular flexibility index (Phi) is 5.54. The van der Waals surface area contributed by atoms with Crippen molar-refractivity contribution < 1.29 is 19.4 Å². The fourth-order valence-electron chi connectivity index (χ4n) is 2.94. The number of ether oxygens (including phenoxy) is 1. The highest BCUT2D eigenvalue weighted by Gasteiger charge is 2.36. The number of carbonyl (C=O) groups is 2. The van der Waals surface area contributed by atoms with Gasteiger partial charge in [0.25, 0.3) is 5.91 Å². The van der Waals surface area contributed by atoms with E-state index in [-0.39, 0.29) is 11.3 Å². The molecule has 1 atom stereocenters. The van der Waals surface area contributed by atoms with E-state index in [1.54, 1.807) is 26.2 Å². The molecule has 1 aliphatic heterocycles. The Bertz CT molecular complexity index is 1200. The van der Waals surface area contributed by atoms with E-state index < -0.39 is 17.9 Å². The van der Waals surface area contributed by atoms with E-state index in [1.165, 1.54) is 28.5 Å². The van der Waals surface area contributed by atoms with Crippen LogP contribution in [-0.4, -0.2) is 40.8 Å². The van der Waals surface area contributed by atoms with Gasteiger partial charge in [0.1, 0.15) is 5.75 Å². The van der Waals surface area contributed by atoms with Crippen molar-refractivity contribution in [2.75, 3.05) is 12.1 Å². The van der Waals surface area contributed by atoms with Gasteiger partial charge < -0.3 is 9.84 Å². The van der Waals surface area contributed by atoms with Crippen molar-refractivity contribution in [1.29, 1.82) is 0 Å². The van der Waals surface area contributed by atoms with Crippen molar-refractivity contribution in [2.45, 2.75) is 13.0 Å². The molecule has 2 aromatic carbocycles. The molecular formula is C21H17N5O4S. The number of thiazole rings is 1. The number of hydrogen-bond donors (Lipinski definition) is 1. The number of hydrogen-bond acceptors (Lipinski definition) is 8. The summed E-state index contributed by atoms with van der Waals surface area (Å²) in [7, 11) is 1.60. The number of hydrazone groups is 1. The van der Waals surface area contributed by atoms with Gasteiger partial charge in [0.15, 0.2) is 6.04 Å². The Morgan fingerprint density at radius 3 is 2.65 bits per heavy atom. The highest BCUT2D eigenvalue weighted by Crippen LogP contribution is 2.31. The molecular weight excluding hydrogens is 418 g/mol. The molecule has 31 heavy (non-hydrogen) atoms. The molecule has 3 aromatic rings. The zero-order chi connectivity index (χ0) is 22.0. The normalized spacial score (nSPS) is 16.1. The van der Waals surface area contributed by atoms with Crippen LogP contribution in [0.2, 0.25) is 0 Å². The lowest BCUT2D eigenvalue weighted by Crippen LogP contribution is -2.29. The maximum atomic E-state index is 12.9. The zero-order valence-corrected chi connectivity index (χ0v) is 17.4. The number of nitrogens with zero attached hydrogens (tertiary/aromatic N) is 5. The minimum atomic E-state index is -1.12. The summed E-state index contributed by atoms with van der Waals surface area (Å²) in [5, 5.41) is 25.1. The van der Waals surface area contributed by atoms with Gasteiger partial charge in [-0.3, -0.25) is 4.79 Å². The van der Waals surface area contributed by atoms with Gasteiger partial charge in [0.05, 0.1) is 29.8 Å². The summed E-state index contributed by atoms with van der Waals surface area (Å²) >= 11 is 1.29. The van der Waals surface area contributed by atoms with E-state index in [0.717, 1.165) is 11.3 Å². The molecule has 9 nitrogen and oxygen atoms in total. The first kappa shape index (κ1) is 20.4. The van der Waals surface area contributed by atoms with Crippen molar-refractivity contribution in [3.05, 3.63) is 59.5 Å². The lowest BCUT2D eigenvalue weighted by atomic mass is 10.2. The molecule has 10 heteroatoms. The lowest BCUT2D eigenvalue weighted by molar-refractivity contribution is -0.117. The predicted octanol–water partition coefficient (Wildman–Crippen LogP) is 4.39. The van der Waals surface area contributed by atoms with Gasteiger partial charge in [-0.05, 0) is 43.3 Å². The Morgan fingerprint density at radius 1 is 1.19 bits per heavy atom. The van der Waals surface area contributed by atoms with E-state index in [0.29, 0.717) is 16.5 Å². The van der Waals surface area contributed by atoms with Gasteiger partial charge in [-0.25, -0.2) is 9.78 Å². The van der Waals surface area contributed by atoms with Gasteiger partial charge in [0.2, 0.25) is 5.13 Å². The van der Waals surface area contributed by atoms with Gasteiger partial charge in [-0.2, -0.15) is 20.3 Å². The second-order valence-corrected chi connectivity index (χ2v) is 7.41. The first-order valence-corrected chi connectivity index (χ1v) is 10.1. The van der Waals surface area contributed by atoms with Gasteiger partial charge in [-0.1, -0.05) is 12.1 Å². The molecule has 1 aromatic heterocycles. The molecule has 0 unspecified atom stereocenters. The third-order valence-corrected chi connectivity index (χ3v) is 5.39. The number of benzene rings is 2. The van der Waals surface area contributed by atoms with Gasteiger partial charge >= 0.3 is 5.97 Å². The lowest BCUT2D eigenvalue weighted by Gasteiger charge is -2.08. The smallest absolute Gasteiger partial charge is 0.337 e. The SMILES string of the molecule is COc1ccc(-c2csc(N3N=C(C)[C@@H](N=Nc4ccccc4C(=O)O)C3=O)n2)cc1. The number of carbonyl (C=O) groups excluding carboxylic acids is 1. The molecule has 0 bridgehead atoms. The Labute approximate surface area is 181 Å². The molecule has 2 heterocycles. The number of amides is 1. The molecule has 0 saturated heterocycles. The van der Waals surface area contributed by atoms with Crippen molar-refractivity contribution >= 4 is 39.7 Å². The summed E-state index contributed by atoms with van der Waals surface area (Å²) in [6.07, 6.45) is 0. The second kappa shape index (κ2) is 8.44. The number of carboxylic acids is 1. The van der Waals surface area contributed by atoms with Crippen LogP contribution in [0.25, 0.3) is 11.3 Å². The number of anilines is 1. The van der Waals surface area contributed by atoms with Crippen molar-refractivity contribution in [1.82, 2.24) is 4.98 Å². The van der Waals surface area contributed by atoms with E-state index in [2.05, 4.69) is 20.3 Å². The third-order valence-electron chi connectivity index (χ3n) is 4.57. The number of aromatic carboxylic acids is 1. The van der Waals surface area contributed by atoms with Crippen LogP contribution >= 0.6 is 11.3 Å². The minimum absolute atomic E-state index is 0.00667. The van der Waals surface area contributed by atoms with Gasteiger partial charge in [0, 0.05) is 10.9 Å². The number of azo groups is 1. The average Bonchev–Trinajstić information content (AvgIpc) is 3.37. The monoisotopic (exact) mass is 435 g/mol. The standard InChI is InChI=1S/C21H17N5O4S/c1-12-18(24-23-16-6-4-3-5-15(16)20(28)29)19(27)26(25-12)21-22-17(11-31-21)13-7-9-14(30-2)10-8-13/h3-11,18H,1-2H3,(H,28,29)/t18-/m1/s1. The molecule has 1 amide bonds. The zero-order valence-electron chi connectivity index (χ0n) is 16.6. The molecule has 1 aliphatic rings. The first-order chi connectivity index (χ1) is 15.0. The fraction of sp³-hybridized carbons (Fsp3) is 0.143. The van der Waals surface area contributed by atoms with Crippen molar-refractivity contribution in [2.24, 2.45) is 15.3 Å². The van der Waals surface area contributed by atoms with E-state index >= 15 is 0 Å². The quantitative estimate of drug-likeness (QED) is 0.576. The molecule has 4 rings (SSSR count). The molecule has 0 spiro atoms. The van der Waals surface area contributed by atoms with Crippen molar-refractivity contribution in [3.63, 3.8) is 0 Å². The van der Waals surface area contributed by atoms with Crippen LogP contribution in [0, 0.1) is 0 Å². The maximum Gasteiger partial charge on any atom is 0.337 e. The Balaban J connectivity index is 1.54. The molecule has 0 radical (unpaired) electrons. The van der Waals surface area contributed by atoms with Crippen LogP contribution in [0.15, 0.2) is 69.2 Å². The highest BCUT2D eigenvalue weighted by atomic mass is 32.1. The molecule has 0 fully saturated rings. The fourth-order valence-corrected chi connectivity index (χ4v) is 3.73. The third kappa shape index (κ3) is 4.05. The summed E-state index contributed by atoms with van der Waals surface area (Å²) in [5.74, 6) is -0.773.